The first-order chi connectivity index (χ1) is 22.2. The number of hydrogen-bond acceptors (Lipinski definition) is 2. The van der Waals surface area contributed by atoms with Gasteiger partial charge >= 0.3 is 0 Å². The maximum atomic E-state index is 2.59. The van der Waals surface area contributed by atoms with Crippen LogP contribution in [0.4, 0.5) is 34.1 Å². The van der Waals surface area contributed by atoms with Gasteiger partial charge < -0.3 is 9.80 Å². The van der Waals surface area contributed by atoms with Crippen LogP contribution in [0.15, 0.2) is 103 Å². The van der Waals surface area contributed by atoms with Gasteiger partial charge in [0.1, 0.15) is 0 Å². The molecule has 45 heavy (non-hydrogen) atoms. The van der Waals surface area contributed by atoms with Crippen molar-refractivity contribution < 1.29 is 0 Å². The van der Waals surface area contributed by atoms with Gasteiger partial charge in [0, 0.05) is 34.1 Å². The second-order valence-electron chi connectivity index (χ2n) is 13.3. The summed E-state index contributed by atoms with van der Waals surface area (Å²) in [5.74, 6) is 0.605. The van der Waals surface area contributed by atoms with Crippen molar-refractivity contribution >= 4 is 57.2 Å². The predicted molar refractivity (Wildman–Crippen MR) is 194 cm³/mol. The van der Waals surface area contributed by atoms with Gasteiger partial charge in [0.25, 0.3) is 6.71 Å². The van der Waals surface area contributed by atoms with Crippen molar-refractivity contribution in [1.82, 2.24) is 0 Å². The predicted octanol–water partition coefficient (Wildman–Crippen LogP) is 9.50. The summed E-state index contributed by atoms with van der Waals surface area (Å²) in [5, 5.41) is 0. The Morgan fingerprint density at radius 1 is 0.533 bits per heavy atom. The summed E-state index contributed by atoms with van der Waals surface area (Å²) in [5.41, 5.74) is 17.7. The molecule has 1 aliphatic carbocycles. The molecule has 1 fully saturated rings. The van der Waals surface area contributed by atoms with E-state index in [-0.39, 0.29) is 6.71 Å². The SMILES string of the molecule is CCc1ccc(N2c3ccccc3B3c4cc(CC)ccc4N(c4ccc(CC)cc4)c4cc(C5CCCCC5)cc2c43)cc1. The minimum Gasteiger partial charge on any atom is -0.311 e. The zero-order valence-electron chi connectivity index (χ0n) is 27.0. The van der Waals surface area contributed by atoms with Crippen LogP contribution in [0, 0.1) is 0 Å². The van der Waals surface area contributed by atoms with E-state index in [0.717, 1.165) is 19.3 Å². The van der Waals surface area contributed by atoms with Gasteiger partial charge in [0.05, 0.1) is 0 Å². The average molecular weight is 587 g/mol. The molecule has 2 nitrogen and oxygen atoms in total. The molecule has 0 radical (unpaired) electrons. The molecule has 0 bridgehead atoms. The molecule has 5 aromatic rings. The third-order valence-electron chi connectivity index (χ3n) is 10.8. The maximum Gasteiger partial charge on any atom is 0.252 e. The summed E-state index contributed by atoms with van der Waals surface area (Å²) in [6, 6.07) is 40.2. The molecule has 5 aromatic carbocycles. The lowest BCUT2D eigenvalue weighted by Crippen LogP contribution is -2.61. The van der Waals surface area contributed by atoms with Gasteiger partial charge in [0.15, 0.2) is 0 Å². The van der Waals surface area contributed by atoms with E-state index >= 15 is 0 Å². The highest BCUT2D eigenvalue weighted by atomic mass is 15.2. The molecule has 2 heterocycles. The van der Waals surface area contributed by atoms with E-state index in [2.05, 4.69) is 134 Å². The third kappa shape index (κ3) is 4.71. The molecule has 224 valence electrons. The number of benzene rings is 5. The quantitative estimate of drug-likeness (QED) is 0.179. The molecule has 3 heteroatoms. The fourth-order valence-electron chi connectivity index (χ4n) is 8.23. The van der Waals surface area contributed by atoms with Crippen molar-refractivity contribution in [2.75, 3.05) is 9.80 Å². The zero-order chi connectivity index (χ0) is 30.5. The van der Waals surface area contributed by atoms with Crippen LogP contribution < -0.4 is 26.2 Å². The summed E-state index contributed by atoms with van der Waals surface area (Å²) < 4.78 is 0. The van der Waals surface area contributed by atoms with Crippen LogP contribution >= 0.6 is 0 Å². The lowest BCUT2D eigenvalue weighted by Gasteiger charge is -2.45. The smallest absolute Gasteiger partial charge is 0.252 e. The number of hydrogen-bond donors (Lipinski definition) is 0. The van der Waals surface area contributed by atoms with Gasteiger partial charge in [-0.25, -0.2) is 0 Å². The topological polar surface area (TPSA) is 6.48 Å². The fraction of sp³-hybridized carbons (Fsp3) is 0.286. The lowest BCUT2D eigenvalue weighted by molar-refractivity contribution is 0.444. The number of nitrogens with zero attached hydrogens (tertiary/aromatic N) is 2. The van der Waals surface area contributed by atoms with Crippen LogP contribution in [0.3, 0.4) is 0 Å². The minimum atomic E-state index is 0.186. The summed E-state index contributed by atoms with van der Waals surface area (Å²) in [6.07, 6.45) is 9.72. The Morgan fingerprint density at radius 2 is 1.07 bits per heavy atom. The maximum absolute atomic E-state index is 2.59. The number of aryl methyl sites for hydroxylation is 3. The standard InChI is InChI=1S/C42H43BN2/c1-4-29-16-21-34(22-17-29)44-38-15-11-10-14-36(38)43-37-26-31(6-3)20-25-39(37)45(35-23-18-30(5-2)19-24-35)41-28-33(27-40(44)42(41)43)32-12-8-7-9-13-32/h10-11,14-28,32H,4-9,12-13H2,1-3H3. The third-order valence-corrected chi connectivity index (χ3v) is 10.8. The van der Waals surface area contributed by atoms with Gasteiger partial charge in [-0.15, -0.1) is 0 Å². The Hall–Kier alpha value is -4.24. The van der Waals surface area contributed by atoms with Crippen LogP contribution in [0.25, 0.3) is 0 Å². The summed E-state index contributed by atoms with van der Waals surface area (Å²) in [7, 11) is 0. The lowest BCUT2D eigenvalue weighted by atomic mass is 9.33. The van der Waals surface area contributed by atoms with Gasteiger partial charge in [-0.3, -0.25) is 0 Å². The molecular weight excluding hydrogens is 543 g/mol. The van der Waals surface area contributed by atoms with Gasteiger partial charge in [-0.1, -0.05) is 94.6 Å². The van der Waals surface area contributed by atoms with E-state index in [9.17, 15) is 0 Å². The molecule has 0 amide bonds. The van der Waals surface area contributed by atoms with Crippen molar-refractivity contribution in [2.45, 2.75) is 78.1 Å². The van der Waals surface area contributed by atoms with E-state index < -0.39 is 0 Å². The molecule has 0 saturated heterocycles. The largest absolute Gasteiger partial charge is 0.311 e. The van der Waals surface area contributed by atoms with Crippen molar-refractivity contribution in [3.05, 3.63) is 125 Å². The van der Waals surface area contributed by atoms with Crippen molar-refractivity contribution in [2.24, 2.45) is 0 Å². The van der Waals surface area contributed by atoms with E-state index in [0.29, 0.717) is 5.92 Å². The molecule has 0 spiro atoms. The fourth-order valence-corrected chi connectivity index (χ4v) is 8.23. The summed E-state index contributed by atoms with van der Waals surface area (Å²) in [4.78, 5) is 5.16. The number of rotatable bonds is 6. The molecule has 0 aromatic heterocycles. The second kappa shape index (κ2) is 11.6. The highest BCUT2D eigenvalue weighted by Gasteiger charge is 2.43. The van der Waals surface area contributed by atoms with Crippen LogP contribution in [0.5, 0.6) is 0 Å². The van der Waals surface area contributed by atoms with E-state index in [1.807, 2.05) is 0 Å². The Kier molecular flexibility index (Phi) is 7.28. The number of para-hydroxylation sites is 1. The first kappa shape index (κ1) is 28.3. The van der Waals surface area contributed by atoms with Gasteiger partial charge in [0.2, 0.25) is 0 Å². The molecule has 0 unspecified atom stereocenters. The van der Waals surface area contributed by atoms with Crippen LogP contribution in [-0.4, -0.2) is 6.71 Å². The highest BCUT2D eigenvalue weighted by molar-refractivity contribution is 7.00. The second-order valence-corrected chi connectivity index (χ2v) is 13.3. The minimum absolute atomic E-state index is 0.186. The van der Waals surface area contributed by atoms with Crippen molar-refractivity contribution in [3.63, 3.8) is 0 Å². The zero-order valence-corrected chi connectivity index (χ0v) is 27.0. The first-order valence-corrected chi connectivity index (χ1v) is 17.4. The summed E-state index contributed by atoms with van der Waals surface area (Å²) in [6.45, 7) is 6.94. The van der Waals surface area contributed by atoms with E-state index in [1.165, 1.54) is 105 Å². The van der Waals surface area contributed by atoms with Crippen molar-refractivity contribution in [1.29, 1.82) is 0 Å². The number of fused-ring (bicyclic) bond motifs is 4. The van der Waals surface area contributed by atoms with E-state index in [1.54, 1.807) is 0 Å². The molecule has 8 rings (SSSR count). The average Bonchev–Trinajstić information content (AvgIpc) is 3.11. The van der Waals surface area contributed by atoms with Crippen LogP contribution in [-0.2, 0) is 19.3 Å². The molecule has 3 aliphatic rings. The molecule has 1 saturated carbocycles. The summed E-state index contributed by atoms with van der Waals surface area (Å²) >= 11 is 0. The molecule has 0 N–H and O–H groups in total. The monoisotopic (exact) mass is 586 g/mol. The van der Waals surface area contributed by atoms with E-state index in [4.69, 9.17) is 0 Å². The van der Waals surface area contributed by atoms with Crippen molar-refractivity contribution in [3.8, 4) is 0 Å². The Bertz CT molecular complexity index is 1830. The normalized spacial score (nSPS) is 15.5. The van der Waals surface area contributed by atoms with Crippen LogP contribution in [0.1, 0.15) is 81.0 Å². The Morgan fingerprint density at radius 3 is 1.64 bits per heavy atom. The first-order valence-electron chi connectivity index (χ1n) is 17.4. The molecule has 0 atom stereocenters. The van der Waals surface area contributed by atoms with Gasteiger partial charge in [-0.2, -0.15) is 0 Å². The van der Waals surface area contributed by atoms with Gasteiger partial charge in [-0.05, 0) is 125 Å². The molecular formula is C42H43BN2. The van der Waals surface area contributed by atoms with Crippen LogP contribution in [0.2, 0.25) is 0 Å². The number of anilines is 6. The Labute approximate surface area is 269 Å². The highest BCUT2D eigenvalue weighted by Crippen LogP contribution is 2.46. The molecule has 2 aliphatic heterocycles. The Balaban J connectivity index is 1.45.